The van der Waals surface area contributed by atoms with E-state index in [0.29, 0.717) is 6.54 Å². The van der Waals surface area contributed by atoms with Gasteiger partial charge in [0.1, 0.15) is 4.90 Å². The Hall–Kier alpha value is -1.06. The van der Waals surface area contributed by atoms with Crippen molar-refractivity contribution in [1.29, 1.82) is 0 Å². The molecule has 0 fully saturated rings. The number of aromatic nitrogens is 2. The smallest absolute Gasteiger partial charge is 0.357 e. The van der Waals surface area contributed by atoms with Crippen LogP contribution in [0.25, 0.3) is 0 Å². The zero-order chi connectivity index (χ0) is 15.2. The second-order valence-electron chi connectivity index (χ2n) is 4.28. The maximum absolute atomic E-state index is 12.1. The van der Waals surface area contributed by atoms with E-state index in [1.54, 1.807) is 11.8 Å². The van der Waals surface area contributed by atoms with Crippen LogP contribution in [-0.2, 0) is 10.0 Å². The van der Waals surface area contributed by atoms with Crippen molar-refractivity contribution in [3.8, 4) is 0 Å². The molecule has 0 bridgehead atoms. The first-order valence-corrected chi connectivity index (χ1v) is 9.04. The highest BCUT2D eigenvalue weighted by molar-refractivity contribution is 7.98. The zero-order valence-electron chi connectivity index (χ0n) is 11.5. The third-order valence-electron chi connectivity index (χ3n) is 2.68. The molecule has 0 atom stereocenters. The van der Waals surface area contributed by atoms with Gasteiger partial charge in [0.25, 0.3) is 0 Å². The van der Waals surface area contributed by atoms with Crippen LogP contribution >= 0.6 is 11.8 Å². The van der Waals surface area contributed by atoms with Crippen LogP contribution in [0, 0.1) is 6.92 Å². The van der Waals surface area contributed by atoms with Gasteiger partial charge in [0.15, 0.2) is 5.69 Å². The average molecular weight is 321 g/mol. The molecule has 0 aliphatic rings. The van der Waals surface area contributed by atoms with E-state index in [0.717, 1.165) is 25.0 Å². The normalized spacial score (nSPS) is 11.7. The largest absolute Gasteiger partial charge is 0.476 e. The number of carboxylic acids is 1. The number of carbonyl (C=O) groups is 1. The number of sulfonamides is 1. The van der Waals surface area contributed by atoms with Crippen LogP contribution < -0.4 is 4.72 Å². The summed E-state index contributed by atoms with van der Waals surface area (Å²) in [7, 11) is -3.85. The lowest BCUT2D eigenvalue weighted by molar-refractivity contribution is 0.0686. The van der Waals surface area contributed by atoms with Gasteiger partial charge in [-0.1, -0.05) is 6.42 Å². The highest BCUT2D eigenvalue weighted by Crippen LogP contribution is 2.17. The van der Waals surface area contributed by atoms with Crippen LogP contribution in [0.15, 0.2) is 4.90 Å². The number of hydrogen-bond donors (Lipinski definition) is 3. The second-order valence-corrected chi connectivity index (χ2v) is 6.97. The van der Waals surface area contributed by atoms with Crippen molar-refractivity contribution in [2.45, 2.75) is 31.1 Å². The second kappa shape index (κ2) is 7.65. The number of carboxylic acid groups (broad SMARTS) is 1. The molecule has 114 valence electrons. The van der Waals surface area contributed by atoms with Crippen molar-refractivity contribution >= 4 is 27.8 Å². The minimum atomic E-state index is -3.85. The molecule has 1 rings (SSSR count). The molecule has 1 heterocycles. The summed E-state index contributed by atoms with van der Waals surface area (Å²) < 4.78 is 26.6. The quantitative estimate of drug-likeness (QED) is 0.590. The minimum absolute atomic E-state index is 0.220. The molecule has 0 saturated carbocycles. The SMILES string of the molecule is CSCCCCCNS(=O)(=O)c1c(C(=O)O)n[nH]c1C. The number of hydrogen-bond acceptors (Lipinski definition) is 5. The van der Waals surface area contributed by atoms with E-state index in [-0.39, 0.29) is 10.6 Å². The third-order valence-corrected chi connectivity index (χ3v) is 5.00. The number of aryl methyl sites for hydroxylation is 1. The minimum Gasteiger partial charge on any atom is -0.476 e. The molecule has 0 radical (unpaired) electrons. The van der Waals surface area contributed by atoms with Crippen LogP contribution in [0.4, 0.5) is 0 Å². The summed E-state index contributed by atoms with van der Waals surface area (Å²) in [5.74, 6) is -0.314. The van der Waals surface area contributed by atoms with Crippen molar-refractivity contribution in [3.63, 3.8) is 0 Å². The number of nitrogens with one attached hydrogen (secondary N) is 2. The van der Waals surface area contributed by atoms with Crippen LogP contribution in [-0.4, -0.2) is 48.2 Å². The average Bonchev–Trinajstić information content (AvgIpc) is 2.76. The first-order valence-electron chi connectivity index (χ1n) is 6.17. The molecular formula is C11H19N3O4S2. The number of nitrogens with zero attached hydrogens (tertiary/aromatic N) is 1. The van der Waals surface area contributed by atoms with Gasteiger partial charge in [0.2, 0.25) is 10.0 Å². The number of unbranched alkanes of at least 4 members (excludes halogenated alkanes) is 2. The van der Waals surface area contributed by atoms with Crippen LogP contribution in [0.5, 0.6) is 0 Å². The number of H-pyrrole nitrogens is 1. The van der Waals surface area contributed by atoms with E-state index in [4.69, 9.17) is 5.11 Å². The van der Waals surface area contributed by atoms with Crippen molar-refractivity contribution in [3.05, 3.63) is 11.4 Å². The van der Waals surface area contributed by atoms with E-state index < -0.39 is 21.7 Å². The van der Waals surface area contributed by atoms with Crippen molar-refractivity contribution < 1.29 is 18.3 Å². The van der Waals surface area contributed by atoms with Crippen molar-refractivity contribution in [1.82, 2.24) is 14.9 Å². The summed E-state index contributed by atoms with van der Waals surface area (Å²) in [5, 5.41) is 14.8. The maximum atomic E-state index is 12.1. The van der Waals surface area contributed by atoms with Gasteiger partial charge in [-0.05, 0) is 31.8 Å². The fourth-order valence-corrected chi connectivity index (χ4v) is 3.61. The third kappa shape index (κ3) is 4.50. The highest BCUT2D eigenvalue weighted by atomic mass is 32.2. The molecule has 0 unspecified atom stereocenters. The van der Waals surface area contributed by atoms with E-state index >= 15 is 0 Å². The summed E-state index contributed by atoms with van der Waals surface area (Å²) in [6, 6.07) is 0. The number of rotatable bonds is 9. The lowest BCUT2D eigenvalue weighted by Crippen LogP contribution is -2.26. The Kier molecular flexibility index (Phi) is 6.50. The molecule has 0 spiro atoms. The standard InChI is InChI=1S/C11H19N3O4S2/c1-8-10(9(11(15)16)14-13-8)20(17,18)12-6-4-3-5-7-19-2/h12H,3-7H2,1-2H3,(H,13,14)(H,15,16). The van der Waals surface area contributed by atoms with E-state index in [1.807, 2.05) is 6.26 Å². The van der Waals surface area contributed by atoms with Gasteiger partial charge in [-0.15, -0.1) is 0 Å². The Labute approximate surface area is 122 Å². The van der Waals surface area contributed by atoms with Crippen molar-refractivity contribution in [2.75, 3.05) is 18.6 Å². The van der Waals surface area contributed by atoms with Gasteiger partial charge in [0, 0.05) is 6.54 Å². The van der Waals surface area contributed by atoms with E-state index in [1.165, 1.54) is 6.92 Å². The molecular weight excluding hydrogens is 302 g/mol. The lowest BCUT2D eigenvalue weighted by atomic mass is 10.2. The number of aromatic carboxylic acids is 1. The molecule has 9 heteroatoms. The van der Waals surface area contributed by atoms with E-state index in [9.17, 15) is 13.2 Å². The Morgan fingerprint density at radius 1 is 1.40 bits per heavy atom. The topological polar surface area (TPSA) is 112 Å². The Morgan fingerprint density at radius 2 is 2.10 bits per heavy atom. The Morgan fingerprint density at radius 3 is 2.70 bits per heavy atom. The monoisotopic (exact) mass is 321 g/mol. The molecule has 3 N–H and O–H groups in total. The molecule has 0 aliphatic heterocycles. The predicted molar refractivity (Wildman–Crippen MR) is 77.7 cm³/mol. The molecule has 7 nitrogen and oxygen atoms in total. The van der Waals surface area contributed by atoms with Gasteiger partial charge in [-0.25, -0.2) is 17.9 Å². The fourth-order valence-electron chi connectivity index (χ4n) is 1.72. The number of thioether (sulfide) groups is 1. The predicted octanol–water partition coefficient (Wildman–Crippen LogP) is 1.23. The zero-order valence-corrected chi connectivity index (χ0v) is 13.1. The molecule has 1 aromatic heterocycles. The molecule has 0 amide bonds. The summed E-state index contributed by atoms with van der Waals surface area (Å²) in [5.41, 5.74) is -0.255. The van der Waals surface area contributed by atoms with Crippen LogP contribution in [0.2, 0.25) is 0 Å². The Balaban J connectivity index is 2.65. The molecule has 0 aliphatic carbocycles. The van der Waals surface area contributed by atoms with Gasteiger partial charge < -0.3 is 5.11 Å². The summed E-state index contributed by atoms with van der Waals surface area (Å²) >= 11 is 1.75. The van der Waals surface area contributed by atoms with E-state index in [2.05, 4.69) is 14.9 Å². The molecule has 0 aromatic carbocycles. The first kappa shape index (κ1) is 17.0. The van der Waals surface area contributed by atoms with Gasteiger partial charge in [0.05, 0.1) is 5.69 Å². The van der Waals surface area contributed by atoms with Crippen LogP contribution in [0.1, 0.15) is 35.4 Å². The molecule has 20 heavy (non-hydrogen) atoms. The van der Waals surface area contributed by atoms with Crippen molar-refractivity contribution in [2.24, 2.45) is 0 Å². The molecule has 0 saturated heterocycles. The molecule has 1 aromatic rings. The fraction of sp³-hybridized carbons (Fsp3) is 0.636. The Bertz CT molecular complexity index is 554. The maximum Gasteiger partial charge on any atom is 0.357 e. The summed E-state index contributed by atoms with van der Waals surface area (Å²) in [6.07, 6.45) is 4.71. The summed E-state index contributed by atoms with van der Waals surface area (Å²) in [4.78, 5) is 10.7. The van der Waals surface area contributed by atoms with Gasteiger partial charge in [-0.3, -0.25) is 5.10 Å². The van der Waals surface area contributed by atoms with Gasteiger partial charge in [-0.2, -0.15) is 16.9 Å². The lowest BCUT2D eigenvalue weighted by Gasteiger charge is -2.06. The van der Waals surface area contributed by atoms with Crippen LogP contribution in [0.3, 0.4) is 0 Å². The highest BCUT2D eigenvalue weighted by Gasteiger charge is 2.27. The summed E-state index contributed by atoms with van der Waals surface area (Å²) in [6.45, 7) is 1.77. The number of aromatic amines is 1. The first-order chi connectivity index (χ1) is 9.40. The van der Waals surface area contributed by atoms with Gasteiger partial charge >= 0.3 is 5.97 Å².